The highest BCUT2D eigenvalue weighted by Crippen LogP contribution is 2.29. The maximum Gasteiger partial charge on any atom is 0.254 e. The highest BCUT2D eigenvalue weighted by Gasteiger charge is 2.28. The minimum absolute atomic E-state index is 0.385. The predicted octanol–water partition coefficient (Wildman–Crippen LogP) is 0.796. The summed E-state index contributed by atoms with van der Waals surface area (Å²) >= 11 is 0. The fourth-order valence-corrected chi connectivity index (χ4v) is 3.25. The second-order valence-corrected chi connectivity index (χ2v) is 6.38. The molecule has 2 heterocycles. The van der Waals surface area contributed by atoms with Gasteiger partial charge in [0.15, 0.2) is 0 Å². The third-order valence-electron chi connectivity index (χ3n) is 4.62. The van der Waals surface area contributed by atoms with Gasteiger partial charge in [0.05, 0.1) is 5.69 Å². The summed E-state index contributed by atoms with van der Waals surface area (Å²) in [6.07, 6.45) is 4.99. The molecule has 6 heteroatoms. The lowest BCUT2D eigenvalue weighted by Gasteiger charge is -2.34. The summed E-state index contributed by atoms with van der Waals surface area (Å²) in [6, 6.07) is 0.605. The summed E-state index contributed by atoms with van der Waals surface area (Å²) in [4.78, 5) is 13.9. The Morgan fingerprint density at radius 1 is 1.33 bits per heavy atom. The van der Waals surface area contributed by atoms with Crippen molar-refractivity contribution < 1.29 is 4.79 Å². The Balaban J connectivity index is 1.64. The van der Waals surface area contributed by atoms with E-state index in [1.807, 2.05) is 14.0 Å². The van der Waals surface area contributed by atoms with E-state index in [9.17, 15) is 4.79 Å². The summed E-state index contributed by atoms with van der Waals surface area (Å²) in [5.41, 5.74) is 6.81. The number of anilines is 1. The molecular weight excluding hydrogens is 266 g/mol. The monoisotopic (exact) mass is 291 g/mol. The molecule has 2 fully saturated rings. The van der Waals surface area contributed by atoms with Crippen molar-refractivity contribution in [1.29, 1.82) is 0 Å². The third-order valence-corrected chi connectivity index (χ3v) is 4.62. The average molecular weight is 291 g/mol. The molecule has 1 aliphatic heterocycles. The fourth-order valence-electron chi connectivity index (χ4n) is 3.25. The molecule has 1 aromatic heterocycles. The Hall–Kier alpha value is -1.56. The molecule has 3 rings (SSSR count). The highest BCUT2D eigenvalue weighted by atomic mass is 16.1. The van der Waals surface area contributed by atoms with Gasteiger partial charge in [-0.25, -0.2) is 0 Å². The Morgan fingerprint density at radius 2 is 2.00 bits per heavy atom. The van der Waals surface area contributed by atoms with Crippen molar-refractivity contribution in [2.45, 2.75) is 38.6 Å². The maximum absolute atomic E-state index is 11.7. The number of amides is 1. The number of aryl methyl sites for hydroxylation is 2. The van der Waals surface area contributed by atoms with E-state index >= 15 is 0 Å². The van der Waals surface area contributed by atoms with E-state index in [1.54, 1.807) is 4.68 Å². The van der Waals surface area contributed by atoms with E-state index < -0.39 is 0 Å². The molecule has 0 aromatic carbocycles. The highest BCUT2D eigenvalue weighted by molar-refractivity contribution is 5.99. The number of nitrogens with zero attached hydrogens (tertiary/aromatic N) is 3. The van der Waals surface area contributed by atoms with Gasteiger partial charge < -0.3 is 16.0 Å². The molecule has 0 atom stereocenters. The van der Waals surface area contributed by atoms with E-state index in [4.69, 9.17) is 5.73 Å². The number of carbonyl (C=O) groups is 1. The topological polar surface area (TPSA) is 76.2 Å². The van der Waals surface area contributed by atoms with E-state index in [2.05, 4.69) is 15.3 Å². The molecule has 6 nitrogen and oxygen atoms in total. The van der Waals surface area contributed by atoms with Crippen LogP contribution in [0.4, 0.5) is 5.82 Å². The van der Waals surface area contributed by atoms with Crippen LogP contribution in [0.1, 0.15) is 41.7 Å². The molecule has 116 valence electrons. The van der Waals surface area contributed by atoms with Crippen LogP contribution in [0.15, 0.2) is 0 Å². The molecular formula is C15H25N5O. The number of primary amides is 1. The molecule has 1 saturated carbocycles. The predicted molar refractivity (Wildman–Crippen MR) is 82.4 cm³/mol. The zero-order valence-electron chi connectivity index (χ0n) is 12.9. The van der Waals surface area contributed by atoms with E-state index in [1.165, 1.54) is 19.4 Å². The minimum atomic E-state index is -0.385. The van der Waals surface area contributed by atoms with Gasteiger partial charge in [-0.1, -0.05) is 0 Å². The molecule has 3 N–H and O–H groups in total. The average Bonchev–Trinajstić information content (AvgIpc) is 3.21. The molecule has 1 amide bonds. The number of aromatic nitrogens is 2. The summed E-state index contributed by atoms with van der Waals surface area (Å²) in [6.45, 7) is 4.90. The Kier molecular flexibility index (Phi) is 3.89. The smallest absolute Gasteiger partial charge is 0.254 e. The first-order valence-electron chi connectivity index (χ1n) is 7.88. The lowest BCUT2D eigenvalue weighted by Crippen LogP contribution is -2.44. The molecule has 1 aromatic rings. The first kappa shape index (κ1) is 14.4. The van der Waals surface area contributed by atoms with Gasteiger partial charge in [0.1, 0.15) is 11.4 Å². The minimum Gasteiger partial charge on any atom is -0.365 e. The van der Waals surface area contributed by atoms with Crippen molar-refractivity contribution in [2.75, 3.05) is 24.5 Å². The van der Waals surface area contributed by atoms with Crippen LogP contribution >= 0.6 is 0 Å². The normalized spacial score (nSPS) is 20.0. The molecule has 2 aliphatic rings. The van der Waals surface area contributed by atoms with Crippen LogP contribution in [0.2, 0.25) is 0 Å². The second-order valence-electron chi connectivity index (χ2n) is 6.38. The van der Waals surface area contributed by atoms with Crippen LogP contribution in [-0.2, 0) is 7.05 Å². The Bertz CT molecular complexity index is 526. The number of rotatable bonds is 5. The number of carbonyl (C=O) groups excluding carboxylic acids is 1. The first-order valence-corrected chi connectivity index (χ1v) is 7.88. The zero-order valence-corrected chi connectivity index (χ0v) is 12.9. The molecule has 1 saturated heterocycles. The summed E-state index contributed by atoms with van der Waals surface area (Å²) < 4.78 is 1.79. The number of hydrogen-bond acceptors (Lipinski definition) is 4. The van der Waals surface area contributed by atoms with Crippen LogP contribution in [0.25, 0.3) is 0 Å². The van der Waals surface area contributed by atoms with Crippen LogP contribution in [0.5, 0.6) is 0 Å². The van der Waals surface area contributed by atoms with Crippen molar-refractivity contribution in [3.8, 4) is 0 Å². The van der Waals surface area contributed by atoms with Gasteiger partial charge in [-0.3, -0.25) is 9.48 Å². The Morgan fingerprint density at radius 3 is 2.57 bits per heavy atom. The van der Waals surface area contributed by atoms with E-state index in [0.717, 1.165) is 37.7 Å². The number of piperidine rings is 1. The van der Waals surface area contributed by atoms with Gasteiger partial charge in [0, 0.05) is 26.2 Å². The van der Waals surface area contributed by atoms with Crippen LogP contribution in [0.3, 0.4) is 0 Å². The molecule has 21 heavy (non-hydrogen) atoms. The fraction of sp³-hybridized carbons (Fsp3) is 0.733. The molecule has 0 spiro atoms. The SMILES string of the molecule is Cc1nn(C)c(N2CCC(NCC3CC3)CC2)c1C(N)=O. The van der Waals surface area contributed by atoms with Crippen LogP contribution in [-0.4, -0.2) is 41.4 Å². The molecule has 1 aliphatic carbocycles. The third kappa shape index (κ3) is 3.05. The van der Waals surface area contributed by atoms with Gasteiger partial charge in [0.2, 0.25) is 0 Å². The van der Waals surface area contributed by atoms with Crippen molar-refractivity contribution in [3.05, 3.63) is 11.3 Å². The maximum atomic E-state index is 11.7. The van der Waals surface area contributed by atoms with Crippen molar-refractivity contribution in [3.63, 3.8) is 0 Å². The number of nitrogens with two attached hydrogens (primary N) is 1. The van der Waals surface area contributed by atoms with E-state index in [-0.39, 0.29) is 5.91 Å². The van der Waals surface area contributed by atoms with Crippen molar-refractivity contribution >= 4 is 11.7 Å². The lowest BCUT2D eigenvalue weighted by atomic mass is 10.0. The standard InChI is InChI=1S/C15H25N5O/c1-10-13(14(16)21)15(19(2)18-10)20-7-5-12(6-8-20)17-9-11-3-4-11/h11-12,17H,3-9H2,1-2H3,(H2,16,21). The van der Waals surface area contributed by atoms with Crippen LogP contribution < -0.4 is 16.0 Å². The second kappa shape index (κ2) is 5.67. The quantitative estimate of drug-likeness (QED) is 0.841. The summed E-state index contributed by atoms with van der Waals surface area (Å²) in [5, 5.41) is 8.02. The van der Waals surface area contributed by atoms with Gasteiger partial charge in [0.25, 0.3) is 5.91 Å². The van der Waals surface area contributed by atoms with Gasteiger partial charge in [-0.15, -0.1) is 0 Å². The van der Waals surface area contributed by atoms with Crippen molar-refractivity contribution in [2.24, 2.45) is 18.7 Å². The lowest BCUT2D eigenvalue weighted by molar-refractivity contribution is 0.1000. The number of hydrogen-bond donors (Lipinski definition) is 2. The van der Waals surface area contributed by atoms with Crippen LogP contribution in [0, 0.1) is 12.8 Å². The van der Waals surface area contributed by atoms with Crippen molar-refractivity contribution in [1.82, 2.24) is 15.1 Å². The summed E-state index contributed by atoms with van der Waals surface area (Å²) in [7, 11) is 1.88. The van der Waals surface area contributed by atoms with Gasteiger partial charge >= 0.3 is 0 Å². The molecule has 0 unspecified atom stereocenters. The molecule has 0 bridgehead atoms. The summed E-state index contributed by atoms with van der Waals surface area (Å²) in [5.74, 6) is 1.41. The van der Waals surface area contributed by atoms with Gasteiger partial charge in [-0.2, -0.15) is 5.10 Å². The largest absolute Gasteiger partial charge is 0.365 e. The van der Waals surface area contributed by atoms with E-state index in [0.29, 0.717) is 17.3 Å². The zero-order chi connectivity index (χ0) is 15.0. The first-order chi connectivity index (χ1) is 10.1. The molecule has 0 radical (unpaired) electrons. The Labute approximate surface area is 125 Å². The number of nitrogens with one attached hydrogen (secondary N) is 1. The van der Waals surface area contributed by atoms with Gasteiger partial charge in [-0.05, 0) is 45.1 Å².